The maximum Gasteiger partial charge on any atom is 0.427 e. The predicted molar refractivity (Wildman–Crippen MR) is 67.5 cm³/mol. The van der Waals surface area contributed by atoms with Crippen molar-refractivity contribution < 1.29 is 22.3 Å². The number of halogens is 4. The highest BCUT2D eigenvalue weighted by Crippen LogP contribution is 2.34. The maximum absolute atomic E-state index is 12.8. The molecule has 0 unspecified atom stereocenters. The average Bonchev–Trinajstić information content (AvgIpc) is 2.83. The molecule has 20 heavy (non-hydrogen) atoms. The van der Waals surface area contributed by atoms with E-state index in [-0.39, 0.29) is 18.3 Å². The summed E-state index contributed by atoms with van der Waals surface area (Å²) < 4.78 is 55.1. The van der Waals surface area contributed by atoms with Gasteiger partial charge in [-0.15, -0.1) is 0 Å². The molecule has 0 atom stereocenters. The largest absolute Gasteiger partial charge is 0.492 e. The minimum absolute atomic E-state index is 0.167. The summed E-state index contributed by atoms with van der Waals surface area (Å²) in [4.78, 5) is 2.85. The van der Waals surface area contributed by atoms with Crippen molar-refractivity contribution >= 4 is 16.5 Å². The SMILES string of the molecule is Fc1cccc(OCCNc2ncc(C(F)(F)F)s2)c1. The minimum Gasteiger partial charge on any atom is -0.492 e. The van der Waals surface area contributed by atoms with E-state index in [1.165, 1.54) is 18.2 Å². The van der Waals surface area contributed by atoms with Crippen molar-refractivity contribution in [2.75, 3.05) is 18.5 Å². The van der Waals surface area contributed by atoms with Crippen molar-refractivity contribution in [2.45, 2.75) is 6.18 Å². The molecule has 2 aromatic rings. The molecular weight excluding hydrogens is 296 g/mol. The van der Waals surface area contributed by atoms with Crippen LogP contribution in [0.25, 0.3) is 0 Å². The summed E-state index contributed by atoms with van der Waals surface area (Å²) >= 11 is 0.526. The second-order valence-electron chi connectivity index (χ2n) is 3.76. The molecule has 0 aliphatic rings. The van der Waals surface area contributed by atoms with Gasteiger partial charge in [0.2, 0.25) is 0 Å². The van der Waals surface area contributed by atoms with E-state index in [1.807, 2.05) is 0 Å². The summed E-state index contributed by atoms with van der Waals surface area (Å²) in [6, 6.07) is 5.62. The first-order valence-corrected chi connectivity index (χ1v) is 6.42. The smallest absolute Gasteiger partial charge is 0.427 e. The molecule has 0 fully saturated rings. The second kappa shape index (κ2) is 6.08. The molecule has 1 heterocycles. The van der Waals surface area contributed by atoms with E-state index in [0.717, 1.165) is 6.20 Å². The number of hydrogen-bond acceptors (Lipinski definition) is 4. The van der Waals surface area contributed by atoms with Crippen LogP contribution in [0.1, 0.15) is 4.88 Å². The summed E-state index contributed by atoms with van der Waals surface area (Å²) in [6.07, 6.45) is -3.60. The lowest BCUT2D eigenvalue weighted by Gasteiger charge is -2.06. The van der Waals surface area contributed by atoms with Crippen LogP contribution < -0.4 is 10.1 Å². The number of ether oxygens (including phenoxy) is 1. The first-order valence-electron chi connectivity index (χ1n) is 5.60. The summed E-state index contributed by atoms with van der Waals surface area (Å²) in [5.41, 5.74) is 0. The Morgan fingerprint density at radius 2 is 2.10 bits per heavy atom. The monoisotopic (exact) mass is 306 g/mol. The molecule has 0 amide bonds. The lowest BCUT2D eigenvalue weighted by molar-refractivity contribution is -0.134. The summed E-state index contributed by atoms with van der Waals surface area (Å²) in [5.74, 6) is -0.0490. The molecule has 0 saturated carbocycles. The van der Waals surface area contributed by atoms with Gasteiger partial charge in [-0.3, -0.25) is 0 Å². The van der Waals surface area contributed by atoms with Gasteiger partial charge in [-0.1, -0.05) is 17.4 Å². The van der Waals surface area contributed by atoms with Crippen LogP contribution in [-0.2, 0) is 6.18 Å². The molecule has 0 bridgehead atoms. The predicted octanol–water partition coefficient (Wildman–Crippen LogP) is 3.79. The second-order valence-corrected chi connectivity index (χ2v) is 4.79. The van der Waals surface area contributed by atoms with Crippen molar-refractivity contribution in [3.05, 3.63) is 41.2 Å². The fourth-order valence-electron chi connectivity index (χ4n) is 1.37. The zero-order chi connectivity index (χ0) is 14.6. The van der Waals surface area contributed by atoms with Crippen LogP contribution >= 0.6 is 11.3 Å². The summed E-state index contributed by atoms with van der Waals surface area (Å²) in [5, 5.41) is 2.88. The van der Waals surface area contributed by atoms with Gasteiger partial charge in [0.25, 0.3) is 0 Å². The quantitative estimate of drug-likeness (QED) is 0.674. The lowest BCUT2D eigenvalue weighted by atomic mass is 10.3. The lowest BCUT2D eigenvalue weighted by Crippen LogP contribution is -2.11. The number of nitrogens with one attached hydrogen (secondary N) is 1. The van der Waals surface area contributed by atoms with Crippen molar-refractivity contribution in [1.82, 2.24) is 4.98 Å². The molecule has 0 aliphatic heterocycles. The molecule has 0 saturated heterocycles. The Bertz CT molecular complexity index is 571. The number of aromatic nitrogens is 1. The number of hydrogen-bond donors (Lipinski definition) is 1. The molecule has 0 spiro atoms. The van der Waals surface area contributed by atoms with E-state index >= 15 is 0 Å². The summed E-state index contributed by atoms with van der Waals surface area (Å²) in [6.45, 7) is 0.450. The van der Waals surface area contributed by atoms with Gasteiger partial charge in [0.05, 0.1) is 12.7 Å². The average molecular weight is 306 g/mol. The first kappa shape index (κ1) is 14.6. The highest BCUT2D eigenvalue weighted by atomic mass is 32.1. The molecule has 0 aliphatic carbocycles. The number of alkyl halides is 3. The van der Waals surface area contributed by atoms with Crippen LogP contribution in [0, 0.1) is 5.82 Å². The third-order valence-corrected chi connectivity index (χ3v) is 3.23. The fourth-order valence-corrected chi connectivity index (χ4v) is 2.08. The number of nitrogens with zero attached hydrogens (tertiary/aromatic N) is 1. The molecule has 8 heteroatoms. The van der Waals surface area contributed by atoms with Gasteiger partial charge in [-0.05, 0) is 12.1 Å². The molecule has 1 aromatic carbocycles. The Labute approximate surface area is 116 Å². The molecular formula is C12H10F4N2OS. The number of anilines is 1. The third kappa shape index (κ3) is 4.09. The van der Waals surface area contributed by atoms with Crippen molar-refractivity contribution in [3.8, 4) is 5.75 Å². The Hall–Kier alpha value is -1.83. The van der Waals surface area contributed by atoms with E-state index in [2.05, 4.69) is 10.3 Å². The molecule has 0 radical (unpaired) electrons. The van der Waals surface area contributed by atoms with E-state index in [0.29, 0.717) is 17.1 Å². The van der Waals surface area contributed by atoms with Crippen LogP contribution in [0.15, 0.2) is 30.5 Å². The van der Waals surface area contributed by atoms with Crippen LogP contribution in [0.4, 0.5) is 22.7 Å². The molecule has 108 valence electrons. The number of rotatable bonds is 5. The Balaban J connectivity index is 1.77. The van der Waals surface area contributed by atoms with Crippen molar-refractivity contribution in [3.63, 3.8) is 0 Å². The third-order valence-electron chi connectivity index (χ3n) is 2.23. The Morgan fingerprint density at radius 1 is 1.30 bits per heavy atom. The van der Waals surface area contributed by atoms with Gasteiger partial charge < -0.3 is 10.1 Å². The van der Waals surface area contributed by atoms with Crippen LogP contribution in [0.5, 0.6) is 5.75 Å². The van der Waals surface area contributed by atoms with Gasteiger partial charge in [0, 0.05) is 6.07 Å². The first-order chi connectivity index (χ1) is 9.45. The fraction of sp³-hybridized carbons (Fsp3) is 0.250. The van der Waals surface area contributed by atoms with E-state index in [4.69, 9.17) is 4.74 Å². The van der Waals surface area contributed by atoms with Gasteiger partial charge in [0.1, 0.15) is 23.1 Å². The minimum atomic E-state index is -4.38. The molecule has 1 N–H and O–H groups in total. The summed E-state index contributed by atoms with van der Waals surface area (Å²) in [7, 11) is 0. The number of benzene rings is 1. The number of thiazole rings is 1. The van der Waals surface area contributed by atoms with Gasteiger partial charge >= 0.3 is 6.18 Å². The Kier molecular flexibility index (Phi) is 4.43. The highest BCUT2D eigenvalue weighted by Gasteiger charge is 2.33. The molecule has 2 rings (SSSR count). The normalized spacial score (nSPS) is 11.4. The van der Waals surface area contributed by atoms with Gasteiger partial charge in [-0.25, -0.2) is 9.37 Å². The Morgan fingerprint density at radius 3 is 2.75 bits per heavy atom. The zero-order valence-electron chi connectivity index (χ0n) is 10.1. The van der Waals surface area contributed by atoms with E-state index in [1.54, 1.807) is 6.07 Å². The van der Waals surface area contributed by atoms with E-state index in [9.17, 15) is 17.6 Å². The van der Waals surface area contributed by atoms with Gasteiger partial charge in [0.15, 0.2) is 5.13 Å². The maximum atomic E-state index is 12.8. The topological polar surface area (TPSA) is 34.1 Å². The van der Waals surface area contributed by atoms with Crippen LogP contribution in [0.3, 0.4) is 0 Å². The van der Waals surface area contributed by atoms with Crippen molar-refractivity contribution in [2.24, 2.45) is 0 Å². The zero-order valence-corrected chi connectivity index (χ0v) is 10.9. The van der Waals surface area contributed by atoms with Gasteiger partial charge in [-0.2, -0.15) is 13.2 Å². The van der Waals surface area contributed by atoms with E-state index < -0.39 is 16.9 Å². The van der Waals surface area contributed by atoms with Crippen LogP contribution in [0.2, 0.25) is 0 Å². The highest BCUT2D eigenvalue weighted by molar-refractivity contribution is 7.15. The molecule has 3 nitrogen and oxygen atoms in total. The van der Waals surface area contributed by atoms with Crippen LogP contribution in [-0.4, -0.2) is 18.1 Å². The van der Waals surface area contributed by atoms with Crippen molar-refractivity contribution in [1.29, 1.82) is 0 Å². The molecule has 1 aromatic heterocycles. The standard InChI is InChI=1S/C12H10F4N2OS/c13-8-2-1-3-9(6-8)19-5-4-17-11-18-7-10(20-11)12(14,15)16/h1-3,6-7H,4-5H2,(H,17,18).